The van der Waals surface area contributed by atoms with Gasteiger partial charge >= 0.3 is 0 Å². The summed E-state index contributed by atoms with van der Waals surface area (Å²) < 4.78 is 24.8. The number of carbonyl (C=O) groups excluding carboxylic acids is 1. The van der Waals surface area contributed by atoms with E-state index in [1.54, 1.807) is 18.2 Å². The minimum atomic E-state index is -3.30. The van der Waals surface area contributed by atoms with Crippen molar-refractivity contribution in [2.75, 3.05) is 11.0 Å². The molecular formula is C15H23N3O3S. The van der Waals surface area contributed by atoms with Gasteiger partial charge in [-0.15, -0.1) is 0 Å². The topological polar surface area (TPSA) is 101 Å². The van der Waals surface area contributed by atoms with Crippen molar-refractivity contribution in [1.29, 1.82) is 0 Å². The Kier molecular flexibility index (Phi) is 5.42. The van der Waals surface area contributed by atoms with Gasteiger partial charge in [0.05, 0.1) is 6.26 Å². The van der Waals surface area contributed by atoms with Gasteiger partial charge in [-0.05, 0) is 36.5 Å². The van der Waals surface area contributed by atoms with Gasteiger partial charge < -0.3 is 11.1 Å². The Hall–Kier alpha value is -1.60. The fraction of sp³-hybridized carbons (Fsp3) is 0.533. The van der Waals surface area contributed by atoms with E-state index < -0.39 is 10.0 Å². The molecule has 2 rings (SSSR count). The largest absolute Gasteiger partial charge is 0.352 e. The molecule has 7 heteroatoms. The molecule has 0 aromatic heterocycles. The van der Waals surface area contributed by atoms with Crippen LogP contribution in [-0.4, -0.2) is 26.6 Å². The standard InChI is InChI=1S/C15H23N3O3S/c1-22(20,21)18-13-6-2-4-11(8-13)10-17-15(19)9-12-5-3-7-14(12)16/h2,4,6,8,12,14,18H,3,5,7,9-10,16H2,1H3,(H,17,19)/t12-,14+/m0/s1. The van der Waals surface area contributed by atoms with Gasteiger partial charge in [0.2, 0.25) is 15.9 Å². The summed E-state index contributed by atoms with van der Waals surface area (Å²) in [4.78, 5) is 12.0. The van der Waals surface area contributed by atoms with E-state index in [2.05, 4.69) is 10.0 Å². The third-order valence-electron chi connectivity index (χ3n) is 3.89. The maximum absolute atomic E-state index is 12.0. The molecule has 1 fully saturated rings. The van der Waals surface area contributed by atoms with E-state index in [0.29, 0.717) is 18.7 Å². The predicted molar refractivity (Wildman–Crippen MR) is 86.7 cm³/mol. The number of hydrogen-bond acceptors (Lipinski definition) is 4. The molecule has 0 saturated heterocycles. The van der Waals surface area contributed by atoms with Crippen LogP contribution in [0.4, 0.5) is 5.69 Å². The number of hydrogen-bond donors (Lipinski definition) is 3. The SMILES string of the molecule is CS(=O)(=O)Nc1cccc(CNC(=O)C[C@@H]2CCC[C@H]2N)c1. The van der Waals surface area contributed by atoms with Gasteiger partial charge in [0.25, 0.3) is 0 Å². The van der Waals surface area contributed by atoms with Gasteiger partial charge in [-0.3, -0.25) is 9.52 Å². The number of anilines is 1. The summed E-state index contributed by atoms with van der Waals surface area (Å²) >= 11 is 0. The Bertz CT molecular complexity index is 631. The number of nitrogens with two attached hydrogens (primary N) is 1. The molecule has 1 amide bonds. The molecule has 2 atom stereocenters. The predicted octanol–water partition coefficient (Wildman–Crippen LogP) is 1.19. The van der Waals surface area contributed by atoms with Crippen LogP contribution in [0.3, 0.4) is 0 Å². The molecule has 6 nitrogen and oxygen atoms in total. The molecule has 1 aromatic carbocycles. The maximum Gasteiger partial charge on any atom is 0.229 e. The fourth-order valence-corrected chi connectivity index (χ4v) is 3.34. The van der Waals surface area contributed by atoms with Gasteiger partial charge in [-0.25, -0.2) is 8.42 Å². The van der Waals surface area contributed by atoms with E-state index >= 15 is 0 Å². The normalized spacial score (nSPS) is 21.5. The van der Waals surface area contributed by atoms with Crippen LogP contribution in [0, 0.1) is 5.92 Å². The molecule has 0 bridgehead atoms. The number of carbonyl (C=O) groups is 1. The second-order valence-corrected chi connectivity index (χ2v) is 7.66. The first-order chi connectivity index (χ1) is 10.3. The molecule has 22 heavy (non-hydrogen) atoms. The lowest BCUT2D eigenvalue weighted by atomic mass is 10.00. The van der Waals surface area contributed by atoms with E-state index in [4.69, 9.17) is 5.73 Å². The summed E-state index contributed by atoms with van der Waals surface area (Å²) in [5, 5.41) is 2.86. The second-order valence-electron chi connectivity index (χ2n) is 5.91. The van der Waals surface area contributed by atoms with Crippen LogP contribution in [0.15, 0.2) is 24.3 Å². The molecule has 122 valence electrons. The Morgan fingerprint density at radius 3 is 2.77 bits per heavy atom. The number of rotatable bonds is 6. The molecule has 0 aliphatic heterocycles. The van der Waals surface area contributed by atoms with Crippen LogP contribution in [0.25, 0.3) is 0 Å². The third kappa shape index (κ3) is 5.31. The van der Waals surface area contributed by atoms with Gasteiger partial charge in [-0.1, -0.05) is 18.6 Å². The molecule has 0 heterocycles. The van der Waals surface area contributed by atoms with Crippen LogP contribution >= 0.6 is 0 Å². The first-order valence-electron chi connectivity index (χ1n) is 7.42. The Balaban J connectivity index is 1.86. The van der Waals surface area contributed by atoms with Crippen molar-refractivity contribution in [1.82, 2.24) is 5.32 Å². The highest BCUT2D eigenvalue weighted by molar-refractivity contribution is 7.92. The number of nitrogens with one attached hydrogen (secondary N) is 2. The van der Waals surface area contributed by atoms with E-state index in [1.807, 2.05) is 6.07 Å². The van der Waals surface area contributed by atoms with E-state index in [1.165, 1.54) is 0 Å². The van der Waals surface area contributed by atoms with Crippen LogP contribution in [0.1, 0.15) is 31.2 Å². The molecule has 1 aromatic rings. The van der Waals surface area contributed by atoms with E-state index in [0.717, 1.165) is 31.1 Å². The Morgan fingerprint density at radius 1 is 1.36 bits per heavy atom. The van der Waals surface area contributed by atoms with Crippen LogP contribution in [0.2, 0.25) is 0 Å². The minimum absolute atomic E-state index is 0.0103. The molecule has 4 N–H and O–H groups in total. The van der Waals surface area contributed by atoms with Crippen molar-refractivity contribution in [2.24, 2.45) is 11.7 Å². The quantitative estimate of drug-likeness (QED) is 0.731. The van der Waals surface area contributed by atoms with Crippen LogP contribution in [-0.2, 0) is 21.4 Å². The molecule has 0 spiro atoms. The van der Waals surface area contributed by atoms with Crippen molar-refractivity contribution in [2.45, 2.75) is 38.3 Å². The lowest BCUT2D eigenvalue weighted by molar-refractivity contribution is -0.122. The summed E-state index contributed by atoms with van der Waals surface area (Å²) in [6.07, 6.45) is 4.67. The van der Waals surface area contributed by atoms with Crippen molar-refractivity contribution in [3.05, 3.63) is 29.8 Å². The average Bonchev–Trinajstić information content (AvgIpc) is 2.80. The summed E-state index contributed by atoms with van der Waals surface area (Å²) in [5.74, 6) is 0.266. The molecule has 1 aliphatic carbocycles. The highest BCUT2D eigenvalue weighted by Gasteiger charge is 2.25. The lowest BCUT2D eigenvalue weighted by Gasteiger charge is -2.15. The van der Waals surface area contributed by atoms with Gasteiger partial charge in [-0.2, -0.15) is 0 Å². The number of amides is 1. The van der Waals surface area contributed by atoms with Gasteiger partial charge in [0.1, 0.15) is 0 Å². The summed E-state index contributed by atoms with van der Waals surface area (Å²) in [6.45, 7) is 0.375. The monoisotopic (exact) mass is 325 g/mol. The first kappa shape index (κ1) is 16.8. The zero-order valence-corrected chi connectivity index (χ0v) is 13.5. The Labute approximate surface area is 131 Å². The number of benzene rings is 1. The van der Waals surface area contributed by atoms with Crippen molar-refractivity contribution in [3.63, 3.8) is 0 Å². The van der Waals surface area contributed by atoms with Crippen molar-refractivity contribution < 1.29 is 13.2 Å². The molecule has 0 unspecified atom stereocenters. The second kappa shape index (κ2) is 7.11. The van der Waals surface area contributed by atoms with E-state index in [9.17, 15) is 13.2 Å². The highest BCUT2D eigenvalue weighted by atomic mass is 32.2. The van der Waals surface area contributed by atoms with Gasteiger partial charge in [0, 0.05) is 24.7 Å². The minimum Gasteiger partial charge on any atom is -0.352 e. The maximum atomic E-state index is 12.0. The van der Waals surface area contributed by atoms with Crippen LogP contribution in [0.5, 0.6) is 0 Å². The average molecular weight is 325 g/mol. The number of sulfonamides is 1. The molecule has 0 radical (unpaired) electrons. The van der Waals surface area contributed by atoms with Gasteiger partial charge in [0.15, 0.2) is 0 Å². The molecule has 1 aliphatic rings. The zero-order valence-electron chi connectivity index (χ0n) is 12.7. The smallest absolute Gasteiger partial charge is 0.229 e. The van der Waals surface area contributed by atoms with Crippen LogP contribution < -0.4 is 15.8 Å². The lowest BCUT2D eigenvalue weighted by Crippen LogP contribution is -2.31. The van der Waals surface area contributed by atoms with Crippen molar-refractivity contribution >= 4 is 21.6 Å². The molecular weight excluding hydrogens is 302 g/mol. The Morgan fingerprint density at radius 2 is 2.14 bits per heavy atom. The first-order valence-corrected chi connectivity index (χ1v) is 9.31. The third-order valence-corrected chi connectivity index (χ3v) is 4.49. The van der Waals surface area contributed by atoms with Crippen molar-refractivity contribution in [3.8, 4) is 0 Å². The molecule has 1 saturated carbocycles. The summed E-state index contributed by atoms with van der Waals surface area (Å²) in [6, 6.07) is 7.11. The summed E-state index contributed by atoms with van der Waals surface area (Å²) in [5.41, 5.74) is 7.31. The summed E-state index contributed by atoms with van der Waals surface area (Å²) in [7, 11) is -3.30. The highest BCUT2D eigenvalue weighted by Crippen LogP contribution is 2.26. The fourth-order valence-electron chi connectivity index (χ4n) is 2.79. The zero-order chi connectivity index (χ0) is 16.2. The van der Waals surface area contributed by atoms with E-state index in [-0.39, 0.29) is 17.9 Å².